The van der Waals surface area contributed by atoms with Crippen molar-refractivity contribution in [1.82, 2.24) is 9.66 Å². The summed E-state index contributed by atoms with van der Waals surface area (Å²) in [5.41, 5.74) is 3.48. The van der Waals surface area contributed by atoms with E-state index in [9.17, 15) is 9.59 Å². The van der Waals surface area contributed by atoms with Gasteiger partial charge in [-0.1, -0.05) is 29.3 Å². The van der Waals surface area contributed by atoms with Gasteiger partial charge in [0, 0.05) is 20.5 Å². The molecule has 0 saturated carbocycles. The second-order valence-electron chi connectivity index (χ2n) is 7.69. The molecular weight excluding hydrogens is 518 g/mol. The molecule has 0 unspecified atom stereocenters. The number of aromatic nitrogens is 2. The highest BCUT2D eigenvalue weighted by Gasteiger charge is 2.16. The lowest BCUT2D eigenvalue weighted by atomic mass is 10.1. The lowest BCUT2D eigenvalue weighted by molar-refractivity contribution is 0.101. The number of carbonyl (C=O) groups excluding carboxylic acids is 1. The van der Waals surface area contributed by atoms with E-state index in [1.807, 2.05) is 30.3 Å². The molecule has 0 aliphatic rings. The van der Waals surface area contributed by atoms with E-state index in [1.54, 1.807) is 32.2 Å². The van der Waals surface area contributed by atoms with Crippen LogP contribution in [0.5, 0.6) is 11.5 Å². The van der Waals surface area contributed by atoms with Crippen molar-refractivity contribution < 1.29 is 14.3 Å². The van der Waals surface area contributed by atoms with Crippen molar-refractivity contribution in [3.63, 3.8) is 0 Å². The summed E-state index contributed by atoms with van der Waals surface area (Å²) in [7, 11) is 1.57. The molecule has 0 aliphatic carbocycles. The molecule has 0 saturated heterocycles. The van der Waals surface area contributed by atoms with Crippen molar-refractivity contribution in [3.8, 4) is 11.5 Å². The minimum Gasteiger partial charge on any atom is -0.496 e. The molecule has 0 bridgehead atoms. The van der Waals surface area contributed by atoms with Crippen LogP contribution in [0.25, 0.3) is 10.2 Å². The molecule has 0 aliphatic heterocycles. The summed E-state index contributed by atoms with van der Waals surface area (Å²) in [5.74, 6) is 1.29. The molecular formula is C25H24BrN3O4S. The molecule has 4 rings (SSSR count). The van der Waals surface area contributed by atoms with Gasteiger partial charge in [-0.3, -0.25) is 15.0 Å². The van der Waals surface area contributed by atoms with Gasteiger partial charge in [-0.15, -0.1) is 11.3 Å². The van der Waals surface area contributed by atoms with Gasteiger partial charge < -0.3 is 9.47 Å². The summed E-state index contributed by atoms with van der Waals surface area (Å²) in [6.07, 6.45) is 1.88. The number of hydrogen-bond acceptors (Lipinski definition) is 6. The minimum absolute atomic E-state index is 0.216. The number of aryl methyl sites for hydroxylation is 2. The van der Waals surface area contributed by atoms with Gasteiger partial charge in [0.15, 0.2) is 0 Å². The van der Waals surface area contributed by atoms with Crippen molar-refractivity contribution in [2.24, 2.45) is 0 Å². The highest BCUT2D eigenvalue weighted by Crippen LogP contribution is 2.24. The number of methoxy groups -OCH3 is 1. The fourth-order valence-electron chi connectivity index (χ4n) is 3.52. The topological polar surface area (TPSA) is 82.5 Å². The molecule has 9 heteroatoms. The van der Waals surface area contributed by atoms with Crippen LogP contribution in [0, 0.1) is 6.92 Å². The molecule has 2 aromatic heterocycles. The summed E-state index contributed by atoms with van der Waals surface area (Å²) < 4.78 is 13.4. The maximum atomic E-state index is 13.1. The number of rotatable bonds is 8. The minimum atomic E-state index is -0.428. The van der Waals surface area contributed by atoms with Crippen LogP contribution in [-0.4, -0.2) is 22.7 Å². The third kappa shape index (κ3) is 5.15. The van der Waals surface area contributed by atoms with Gasteiger partial charge in [-0.25, -0.2) is 9.66 Å². The molecule has 34 heavy (non-hydrogen) atoms. The van der Waals surface area contributed by atoms with Gasteiger partial charge in [-0.2, -0.15) is 0 Å². The van der Waals surface area contributed by atoms with Gasteiger partial charge in [0.1, 0.15) is 28.8 Å². The third-order valence-electron chi connectivity index (χ3n) is 5.24. The fraction of sp³-hybridized carbons (Fsp3) is 0.240. The van der Waals surface area contributed by atoms with Crippen molar-refractivity contribution in [1.29, 1.82) is 0 Å². The molecule has 0 spiro atoms. The number of nitrogens with one attached hydrogen (secondary N) is 1. The maximum Gasteiger partial charge on any atom is 0.281 e. The van der Waals surface area contributed by atoms with Crippen LogP contribution in [0.2, 0.25) is 0 Å². The summed E-state index contributed by atoms with van der Waals surface area (Å²) in [6.45, 7) is 4.01. The fourth-order valence-corrected chi connectivity index (χ4v) is 4.95. The van der Waals surface area contributed by atoms with Crippen LogP contribution in [0.3, 0.4) is 0 Å². The quantitative estimate of drug-likeness (QED) is 0.320. The monoisotopic (exact) mass is 541 g/mol. The molecule has 2 aromatic carbocycles. The zero-order chi connectivity index (χ0) is 24.2. The van der Waals surface area contributed by atoms with Crippen LogP contribution >= 0.6 is 27.3 Å². The number of amides is 1. The number of nitrogens with zero attached hydrogens (tertiary/aromatic N) is 2. The second-order valence-corrected chi connectivity index (χ2v) is 9.72. The van der Waals surface area contributed by atoms with Gasteiger partial charge in [-0.05, 0) is 61.9 Å². The predicted octanol–water partition coefficient (Wildman–Crippen LogP) is 5.45. The summed E-state index contributed by atoms with van der Waals surface area (Å²) in [5, 5.41) is 0.512. The molecule has 0 atom stereocenters. The third-order valence-corrected chi connectivity index (χ3v) is 6.86. The van der Waals surface area contributed by atoms with Crippen LogP contribution in [0.4, 0.5) is 0 Å². The van der Waals surface area contributed by atoms with Crippen LogP contribution in [0.1, 0.15) is 40.0 Å². The molecule has 1 amide bonds. The highest BCUT2D eigenvalue weighted by atomic mass is 79.9. The largest absolute Gasteiger partial charge is 0.496 e. The first-order valence-electron chi connectivity index (χ1n) is 10.8. The molecule has 2 heterocycles. The maximum absolute atomic E-state index is 13.1. The number of thiophene rings is 1. The Morgan fingerprint density at radius 1 is 1.18 bits per heavy atom. The summed E-state index contributed by atoms with van der Waals surface area (Å²) in [4.78, 5) is 32.4. The Kier molecular flexibility index (Phi) is 7.33. The highest BCUT2D eigenvalue weighted by molar-refractivity contribution is 9.10. The molecule has 176 valence electrons. The smallest absolute Gasteiger partial charge is 0.281 e. The van der Waals surface area contributed by atoms with Crippen LogP contribution < -0.4 is 20.5 Å². The Hall–Kier alpha value is -3.17. The van der Waals surface area contributed by atoms with Crippen LogP contribution in [-0.2, 0) is 13.0 Å². The molecule has 0 fully saturated rings. The second kappa shape index (κ2) is 10.4. The Labute approximate surface area is 209 Å². The van der Waals surface area contributed by atoms with E-state index in [0.29, 0.717) is 38.7 Å². The van der Waals surface area contributed by atoms with E-state index < -0.39 is 5.91 Å². The average Bonchev–Trinajstić information content (AvgIpc) is 3.23. The molecule has 1 N–H and O–H groups in total. The molecule has 0 radical (unpaired) electrons. The SMILES string of the molecule is CCCc1cc2c(=O)n(NC(=O)c3ccc(OC)c(COc4ccc(Br)cc4)c3)c(C)nc2s1. The molecule has 4 aromatic rings. The summed E-state index contributed by atoms with van der Waals surface area (Å²) >= 11 is 4.92. The van der Waals surface area contributed by atoms with Gasteiger partial charge in [0.05, 0.1) is 12.5 Å². The van der Waals surface area contributed by atoms with E-state index >= 15 is 0 Å². The Balaban J connectivity index is 1.58. The van der Waals surface area contributed by atoms with E-state index in [1.165, 1.54) is 16.0 Å². The Morgan fingerprint density at radius 2 is 1.94 bits per heavy atom. The number of carbonyl (C=O) groups is 1. The normalized spacial score (nSPS) is 10.9. The predicted molar refractivity (Wildman–Crippen MR) is 138 cm³/mol. The number of benzene rings is 2. The standard InChI is InChI=1S/C25H24BrN3O4S/c1-4-5-20-13-21-24(34-20)27-15(2)29(25(21)31)28-23(30)16-6-11-22(32-3)17(12-16)14-33-19-9-7-18(26)8-10-19/h6-13H,4-5,14H2,1-3H3,(H,28,30). The Bertz CT molecular complexity index is 1400. The lowest BCUT2D eigenvalue weighted by Crippen LogP contribution is -2.35. The first kappa shape index (κ1) is 24.0. The van der Waals surface area contributed by atoms with E-state index in [-0.39, 0.29) is 12.2 Å². The van der Waals surface area contributed by atoms with Crippen molar-refractivity contribution in [2.75, 3.05) is 12.5 Å². The van der Waals surface area contributed by atoms with Crippen molar-refractivity contribution in [3.05, 3.63) is 85.2 Å². The van der Waals surface area contributed by atoms with Crippen molar-refractivity contribution in [2.45, 2.75) is 33.3 Å². The lowest BCUT2D eigenvalue weighted by Gasteiger charge is -2.14. The van der Waals surface area contributed by atoms with Gasteiger partial charge in [0.25, 0.3) is 11.5 Å². The van der Waals surface area contributed by atoms with E-state index in [4.69, 9.17) is 9.47 Å². The van der Waals surface area contributed by atoms with E-state index in [0.717, 1.165) is 22.2 Å². The van der Waals surface area contributed by atoms with Crippen LogP contribution in [0.15, 0.2) is 57.8 Å². The average molecular weight is 542 g/mol. The first-order valence-corrected chi connectivity index (χ1v) is 12.4. The number of halogens is 1. The first-order chi connectivity index (χ1) is 16.4. The number of fused-ring (bicyclic) bond motifs is 1. The number of ether oxygens (including phenoxy) is 2. The van der Waals surface area contributed by atoms with Gasteiger partial charge >= 0.3 is 0 Å². The zero-order valence-corrected chi connectivity index (χ0v) is 21.5. The zero-order valence-electron chi connectivity index (χ0n) is 19.1. The van der Waals surface area contributed by atoms with E-state index in [2.05, 4.69) is 33.3 Å². The number of hydrogen-bond donors (Lipinski definition) is 1. The van der Waals surface area contributed by atoms with Crippen molar-refractivity contribution >= 4 is 43.4 Å². The molecule has 7 nitrogen and oxygen atoms in total. The Morgan fingerprint density at radius 3 is 2.65 bits per heavy atom. The van der Waals surface area contributed by atoms with Gasteiger partial charge in [0.2, 0.25) is 0 Å². The summed E-state index contributed by atoms with van der Waals surface area (Å²) in [6, 6.07) is 14.4.